The third-order valence-corrected chi connectivity index (χ3v) is 4.81. The number of hydrogen-bond acceptors (Lipinski definition) is 6. The molecule has 0 fully saturated rings. The van der Waals surface area contributed by atoms with Crippen molar-refractivity contribution in [3.8, 4) is 17.0 Å². The molecule has 1 aromatic heterocycles. The molecule has 0 aliphatic rings. The predicted molar refractivity (Wildman–Crippen MR) is 122 cm³/mol. The van der Waals surface area contributed by atoms with E-state index in [4.69, 9.17) is 10.5 Å². The maximum Gasteiger partial charge on any atom is 0.414 e. The van der Waals surface area contributed by atoms with Crippen LogP contribution in [0, 0.1) is 0 Å². The van der Waals surface area contributed by atoms with E-state index in [-0.39, 0.29) is 4.90 Å². The summed E-state index contributed by atoms with van der Waals surface area (Å²) in [5.41, 5.74) is 7.98. The van der Waals surface area contributed by atoms with Gasteiger partial charge >= 0.3 is 6.11 Å². The van der Waals surface area contributed by atoms with E-state index >= 15 is 0 Å². The summed E-state index contributed by atoms with van der Waals surface area (Å²) in [6, 6.07) is 22.9. The molecule has 3 aromatic carbocycles. The second-order valence-corrected chi connectivity index (χ2v) is 7.18. The highest BCUT2D eigenvalue weighted by molar-refractivity contribution is 7.80. The highest BCUT2D eigenvalue weighted by Gasteiger charge is 2.35. The number of ether oxygens (including phenoxy) is 1. The molecule has 5 nitrogen and oxygen atoms in total. The summed E-state index contributed by atoms with van der Waals surface area (Å²) in [6.07, 6.45) is -0.697. The number of para-hydroxylation sites is 1. The van der Waals surface area contributed by atoms with Crippen LogP contribution in [0.2, 0.25) is 0 Å². The molecule has 4 rings (SSSR count). The second kappa shape index (κ2) is 11.3. The van der Waals surface area contributed by atoms with Crippen molar-refractivity contribution in [3.63, 3.8) is 0 Å². The fraction of sp³-hybridized carbons (Fsp3) is 0.0833. The average Bonchev–Trinajstić information content (AvgIpc) is 2.85. The van der Waals surface area contributed by atoms with Crippen molar-refractivity contribution in [1.82, 2.24) is 9.97 Å². The van der Waals surface area contributed by atoms with Gasteiger partial charge in [0.1, 0.15) is 23.9 Å². The van der Waals surface area contributed by atoms with Crippen LogP contribution >= 0.6 is 12.6 Å². The largest absolute Gasteiger partial charge is 0.489 e. The minimum Gasteiger partial charge on any atom is -0.489 e. The lowest BCUT2D eigenvalue weighted by Crippen LogP contribution is -2.14. The molecule has 0 radical (unpaired) electrons. The summed E-state index contributed by atoms with van der Waals surface area (Å²) < 4.78 is 42.1. The van der Waals surface area contributed by atoms with Gasteiger partial charge in [-0.3, -0.25) is 4.98 Å². The molecule has 0 aliphatic carbocycles. The van der Waals surface area contributed by atoms with Crippen LogP contribution in [-0.2, 0) is 17.7 Å². The number of hydrogen-bond donors (Lipinski definition) is 2. The monoisotopic (exact) mass is 471 g/mol. The molecule has 0 saturated heterocycles. The van der Waals surface area contributed by atoms with Crippen molar-refractivity contribution < 1.29 is 23.0 Å². The van der Waals surface area contributed by atoms with Gasteiger partial charge in [-0.1, -0.05) is 54.6 Å². The number of nitrogens with zero attached hydrogens (tertiary/aromatic N) is 2. The van der Waals surface area contributed by atoms with Gasteiger partial charge in [0, 0.05) is 22.9 Å². The molecule has 2 N–H and O–H groups in total. The Balaban J connectivity index is 0.000000218. The Morgan fingerprint density at radius 1 is 0.848 bits per heavy atom. The first-order chi connectivity index (χ1) is 15.9. The Bertz CT molecular complexity index is 1160. The average molecular weight is 472 g/mol. The summed E-state index contributed by atoms with van der Waals surface area (Å²) in [5, 5.41) is 0. The van der Waals surface area contributed by atoms with Gasteiger partial charge in [-0.15, -0.1) is 17.6 Å². The lowest BCUT2D eigenvalue weighted by molar-refractivity contribution is -0.365. The molecule has 0 atom stereocenters. The van der Waals surface area contributed by atoms with E-state index in [1.54, 1.807) is 12.4 Å². The molecule has 1 heterocycles. The number of nitrogens with two attached hydrogens (primary N) is 1. The van der Waals surface area contributed by atoms with Crippen LogP contribution in [0.3, 0.4) is 0 Å². The summed E-state index contributed by atoms with van der Waals surface area (Å²) in [4.78, 5) is 10.8. The molecule has 0 unspecified atom stereocenters. The van der Waals surface area contributed by atoms with E-state index in [2.05, 4.69) is 27.5 Å². The molecule has 33 heavy (non-hydrogen) atoms. The van der Waals surface area contributed by atoms with Crippen molar-refractivity contribution >= 4 is 18.4 Å². The van der Waals surface area contributed by atoms with Gasteiger partial charge in [-0.25, -0.2) is 4.98 Å². The molecule has 9 heteroatoms. The van der Waals surface area contributed by atoms with Gasteiger partial charge in [-0.2, -0.15) is 8.78 Å². The Hall–Kier alpha value is -3.56. The van der Waals surface area contributed by atoms with Crippen LogP contribution in [0.5, 0.6) is 5.75 Å². The van der Waals surface area contributed by atoms with Crippen LogP contribution in [0.4, 0.5) is 19.1 Å². The topological polar surface area (TPSA) is 70.3 Å². The molecule has 4 aromatic rings. The van der Waals surface area contributed by atoms with E-state index < -0.39 is 11.7 Å². The summed E-state index contributed by atoms with van der Waals surface area (Å²) in [6.45, 7) is 0.528. The number of rotatable bonds is 6. The summed E-state index contributed by atoms with van der Waals surface area (Å²) >= 11 is 3.72. The van der Waals surface area contributed by atoms with Gasteiger partial charge < -0.3 is 10.5 Å². The van der Waals surface area contributed by atoms with Gasteiger partial charge in [0.05, 0.1) is 5.56 Å². The van der Waals surface area contributed by atoms with E-state index in [1.807, 2.05) is 54.6 Å². The van der Waals surface area contributed by atoms with Crippen molar-refractivity contribution in [2.24, 2.45) is 0 Å². The highest BCUT2D eigenvalue weighted by Crippen LogP contribution is 2.33. The molecule has 0 bridgehead atoms. The van der Waals surface area contributed by atoms with Gasteiger partial charge in [0.15, 0.2) is 0 Å². The lowest BCUT2D eigenvalue weighted by Gasteiger charge is -2.11. The van der Waals surface area contributed by atoms with Crippen molar-refractivity contribution in [2.45, 2.75) is 17.6 Å². The Labute approximate surface area is 194 Å². The molecule has 0 aliphatic heterocycles. The zero-order valence-corrected chi connectivity index (χ0v) is 18.1. The summed E-state index contributed by atoms with van der Waals surface area (Å²) in [5.74, 6) is 1.30. The number of thiol groups is 1. The van der Waals surface area contributed by atoms with Crippen molar-refractivity contribution in [3.05, 3.63) is 102 Å². The number of anilines is 1. The molecule has 0 amide bonds. The summed E-state index contributed by atoms with van der Waals surface area (Å²) in [7, 11) is 0. The molecule has 170 valence electrons. The van der Waals surface area contributed by atoms with E-state index in [0.29, 0.717) is 18.1 Å². The van der Waals surface area contributed by atoms with E-state index in [9.17, 15) is 13.3 Å². The normalized spacial score (nSPS) is 10.8. The minimum atomic E-state index is -3.92. The fourth-order valence-corrected chi connectivity index (χ4v) is 3.07. The number of alkyl halides is 2. The van der Waals surface area contributed by atoms with Gasteiger partial charge in [-0.05, 0) is 34.4 Å². The third kappa shape index (κ3) is 6.71. The first-order valence-electron chi connectivity index (χ1n) is 9.70. The SMILES string of the molecule is FOC(F)(F)c1ccccc1S.Nc1nccnc1-c1ccc(COc2ccccc2)cc1. The number of halogens is 3. The van der Waals surface area contributed by atoms with Crippen LogP contribution in [0.15, 0.2) is 96.2 Å². The quantitative estimate of drug-likeness (QED) is 0.326. The predicted octanol–water partition coefficient (Wildman–Crippen LogP) is 6.23. The number of benzene rings is 3. The minimum absolute atomic E-state index is 0.0137. The standard InChI is InChI=1S/C17H15N3O.C7H5F3OS/c18-17-16(19-10-11-20-17)14-8-6-13(7-9-14)12-21-15-4-2-1-3-5-15;8-7(9,11-10)5-3-1-2-4-6(5)12/h1-11H,12H2,(H2,18,20);1-4,12H. The third-order valence-electron chi connectivity index (χ3n) is 4.42. The Morgan fingerprint density at radius 3 is 2.12 bits per heavy atom. The smallest absolute Gasteiger partial charge is 0.414 e. The van der Waals surface area contributed by atoms with Crippen LogP contribution < -0.4 is 10.5 Å². The van der Waals surface area contributed by atoms with Crippen LogP contribution in [0.25, 0.3) is 11.3 Å². The van der Waals surface area contributed by atoms with Crippen molar-refractivity contribution in [2.75, 3.05) is 5.73 Å². The van der Waals surface area contributed by atoms with Crippen LogP contribution in [-0.4, -0.2) is 9.97 Å². The Morgan fingerprint density at radius 2 is 1.48 bits per heavy atom. The van der Waals surface area contributed by atoms with Gasteiger partial charge in [0.2, 0.25) is 0 Å². The lowest BCUT2D eigenvalue weighted by atomic mass is 10.1. The van der Waals surface area contributed by atoms with Crippen molar-refractivity contribution in [1.29, 1.82) is 0 Å². The maximum atomic E-state index is 12.5. The fourth-order valence-electron chi connectivity index (χ4n) is 2.77. The molecular formula is C24H20F3N3O2S. The van der Waals surface area contributed by atoms with E-state index in [1.165, 1.54) is 18.2 Å². The zero-order valence-electron chi connectivity index (χ0n) is 17.2. The zero-order chi connectivity index (χ0) is 23.7. The first kappa shape index (κ1) is 24.1. The molecule has 0 saturated carbocycles. The number of aromatic nitrogens is 2. The number of nitrogen functional groups attached to an aromatic ring is 1. The highest BCUT2D eigenvalue weighted by atomic mass is 32.1. The molecular weight excluding hydrogens is 451 g/mol. The van der Waals surface area contributed by atoms with Crippen LogP contribution in [0.1, 0.15) is 11.1 Å². The molecule has 0 spiro atoms. The van der Waals surface area contributed by atoms with Gasteiger partial charge in [0.25, 0.3) is 0 Å². The second-order valence-electron chi connectivity index (χ2n) is 6.70. The van der Waals surface area contributed by atoms with E-state index in [0.717, 1.165) is 22.9 Å². The maximum absolute atomic E-state index is 12.5. The Kier molecular flexibility index (Phi) is 8.28. The first-order valence-corrected chi connectivity index (χ1v) is 10.1.